The molecular formula is C29H42N2O5. The molecule has 2 aromatic rings. The fourth-order valence-electron chi connectivity index (χ4n) is 4.60. The molecule has 2 aromatic carbocycles. The molecule has 7 nitrogen and oxygen atoms in total. The lowest BCUT2D eigenvalue weighted by molar-refractivity contribution is -0.133. The molecule has 36 heavy (non-hydrogen) atoms. The highest BCUT2D eigenvalue weighted by Gasteiger charge is 2.32. The third-order valence-corrected chi connectivity index (χ3v) is 6.18. The van der Waals surface area contributed by atoms with Crippen LogP contribution in [-0.2, 0) is 17.6 Å². The van der Waals surface area contributed by atoms with E-state index >= 15 is 0 Å². The SMILES string of the molecule is CCOc1ccc(C[C@@H]2c3cc(OCC)c(OCC)cc3CCN2C(=O)CNC(C)C)cc1OCC. The zero-order valence-corrected chi connectivity index (χ0v) is 22.7. The van der Waals surface area contributed by atoms with Crippen molar-refractivity contribution in [2.45, 2.75) is 66.5 Å². The van der Waals surface area contributed by atoms with Gasteiger partial charge < -0.3 is 29.2 Å². The molecule has 0 spiro atoms. The van der Waals surface area contributed by atoms with Gasteiger partial charge in [-0.1, -0.05) is 19.9 Å². The Labute approximate surface area is 216 Å². The fraction of sp³-hybridized carbons (Fsp3) is 0.552. The minimum absolute atomic E-state index is 0.0992. The molecule has 3 rings (SSSR count). The largest absolute Gasteiger partial charge is 0.490 e. The maximum atomic E-state index is 13.4. The summed E-state index contributed by atoms with van der Waals surface area (Å²) in [5.41, 5.74) is 3.39. The molecule has 1 N–H and O–H groups in total. The Morgan fingerprint density at radius 3 is 2.08 bits per heavy atom. The number of nitrogens with zero attached hydrogens (tertiary/aromatic N) is 1. The van der Waals surface area contributed by atoms with Crippen molar-refractivity contribution in [3.63, 3.8) is 0 Å². The van der Waals surface area contributed by atoms with Crippen LogP contribution in [0.2, 0.25) is 0 Å². The van der Waals surface area contributed by atoms with Crippen LogP contribution in [0.5, 0.6) is 23.0 Å². The summed E-state index contributed by atoms with van der Waals surface area (Å²) >= 11 is 0. The van der Waals surface area contributed by atoms with E-state index in [-0.39, 0.29) is 18.0 Å². The van der Waals surface area contributed by atoms with Crippen LogP contribution in [0.25, 0.3) is 0 Å². The molecule has 0 saturated heterocycles. The second-order valence-electron chi connectivity index (χ2n) is 9.10. The summed E-state index contributed by atoms with van der Waals surface area (Å²) in [5, 5.41) is 3.28. The fourth-order valence-corrected chi connectivity index (χ4v) is 4.60. The zero-order valence-electron chi connectivity index (χ0n) is 22.7. The lowest BCUT2D eigenvalue weighted by Crippen LogP contribution is -2.46. The maximum absolute atomic E-state index is 13.4. The number of rotatable bonds is 13. The Kier molecular flexibility index (Phi) is 10.3. The summed E-state index contributed by atoms with van der Waals surface area (Å²) in [7, 11) is 0. The lowest BCUT2D eigenvalue weighted by atomic mass is 9.88. The smallest absolute Gasteiger partial charge is 0.237 e. The van der Waals surface area contributed by atoms with Gasteiger partial charge in [-0.05, 0) is 81.5 Å². The van der Waals surface area contributed by atoms with Crippen LogP contribution >= 0.6 is 0 Å². The molecular weight excluding hydrogens is 456 g/mol. The van der Waals surface area contributed by atoms with Crippen molar-refractivity contribution in [3.05, 3.63) is 47.0 Å². The predicted molar refractivity (Wildman–Crippen MR) is 143 cm³/mol. The Balaban J connectivity index is 2.02. The standard InChI is InChI=1S/C29H42N2O5/c1-7-33-25-12-11-21(16-26(25)34-8-2)15-24-23-18-28(36-10-4)27(35-9-3)17-22(23)13-14-31(24)29(32)19-30-20(5)6/h11-12,16-18,20,24,30H,7-10,13-15,19H2,1-6H3/t24-/m1/s1. The van der Waals surface area contributed by atoms with Gasteiger partial charge in [0.1, 0.15) is 0 Å². The van der Waals surface area contributed by atoms with E-state index in [1.54, 1.807) is 0 Å². The van der Waals surface area contributed by atoms with Gasteiger partial charge in [-0.2, -0.15) is 0 Å². The molecule has 0 fully saturated rings. The van der Waals surface area contributed by atoms with Crippen molar-refractivity contribution in [1.29, 1.82) is 0 Å². The number of carbonyl (C=O) groups excluding carboxylic acids is 1. The van der Waals surface area contributed by atoms with E-state index in [1.807, 2.05) is 44.7 Å². The van der Waals surface area contributed by atoms with Gasteiger partial charge in [-0.3, -0.25) is 4.79 Å². The summed E-state index contributed by atoms with van der Waals surface area (Å²) in [5.74, 6) is 3.05. The Morgan fingerprint density at radius 2 is 1.47 bits per heavy atom. The van der Waals surface area contributed by atoms with Crippen LogP contribution in [0, 0.1) is 0 Å². The van der Waals surface area contributed by atoms with Crippen molar-refractivity contribution < 1.29 is 23.7 Å². The van der Waals surface area contributed by atoms with Gasteiger partial charge in [0.05, 0.1) is 39.0 Å². The second-order valence-corrected chi connectivity index (χ2v) is 9.10. The van der Waals surface area contributed by atoms with Gasteiger partial charge in [0.25, 0.3) is 0 Å². The van der Waals surface area contributed by atoms with Gasteiger partial charge in [0.15, 0.2) is 23.0 Å². The van der Waals surface area contributed by atoms with E-state index in [4.69, 9.17) is 18.9 Å². The molecule has 198 valence electrons. The molecule has 0 bridgehead atoms. The Bertz CT molecular complexity index is 1010. The van der Waals surface area contributed by atoms with E-state index in [9.17, 15) is 4.79 Å². The third kappa shape index (κ3) is 6.84. The number of benzene rings is 2. The predicted octanol–water partition coefficient (Wildman–Crippen LogP) is 4.95. The summed E-state index contributed by atoms with van der Waals surface area (Å²) in [6.45, 7) is 15.2. The monoisotopic (exact) mass is 498 g/mol. The minimum atomic E-state index is -0.127. The first-order valence-corrected chi connectivity index (χ1v) is 13.2. The normalized spacial score (nSPS) is 15.0. The molecule has 0 aromatic heterocycles. The van der Waals surface area contributed by atoms with Crippen molar-refractivity contribution in [2.24, 2.45) is 0 Å². The zero-order chi connectivity index (χ0) is 26.1. The van der Waals surface area contributed by atoms with Gasteiger partial charge >= 0.3 is 0 Å². The first kappa shape index (κ1) is 27.7. The average Bonchev–Trinajstić information content (AvgIpc) is 2.85. The first-order chi connectivity index (χ1) is 17.4. The molecule has 0 radical (unpaired) electrons. The molecule has 7 heteroatoms. The van der Waals surface area contributed by atoms with Gasteiger partial charge in [0.2, 0.25) is 5.91 Å². The number of hydrogen-bond donors (Lipinski definition) is 1. The van der Waals surface area contributed by atoms with Gasteiger partial charge in [0, 0.05) is 12.6 Å². The molecule has 1 amide bonds. The van der Waals surface area contributed by atoms with Crippen LogP contribution in [-0.4, -0.2) is 56.4 Å². The number of amides is 1. The quantitative estimate of drug-likeness (QED) is 0.422. The van der Waals surface area contributed by atoms with E-state index in [0.717, 1.165) is 40.5 Å². The highest BCUT2D eigenvalue weighted by atomic mass is 16.5. The highest BCUT2D eigenvalue weighted by Crippen LogP contribution is 2.40. The van der Waals surface area contributed by atoms with Crippen LogP contribution in [0.3, 0.4) is 0 Å². The molecule has 1 atom stereocenters. The van der Waals surface area contributed by atoms with Gasteiger partial charge in [-0.25, -0.2) is 0 Å². The topological polar surface area (TPSA) is 69.3 Å². The minimum Gasteiger partial charge on any atom is -0.490 e. The van der Waals surface area contributed by atoms with E-state index in [2.05, 4.69) is 37.4 Å². The molecule has 1 aliphatic heterocycles. The van der Waals surface area contributed by atoms with E-state index in [1.165, 1.54) is 5.56 Å². The summed E-state index contributed by atoms with van der Waals surface area (Å²) in [6.07, 6.45) is 1.44. The first-order valence-electron chi connectivity index (χ1n) is 13.2. The summed E-state index contributed by atoms with van der Waals surface area (Å²) in [4.78, 5) is 15.4. The number of hydrogen-bond acceptors (Lipinski definition) is 6. The van der Waals surface area contributed by atoms with Gasteiger partial charge in [-0.15, -0.1) is 0 Å². The van der Waals surface area contributed by atoms with Crippen molar-refractivity contribution >= 4 is 5.91 Å². The average molecular weight is 499 g/mol. The summed E-state index contributed by atoms with van der Waals surface area (Å²) in [6, 6.07) is 10.3. The Morgan fingerprint density at radius 1 is 0.889 bits per heavy atom. The van der Waals surface area contributed by atoms with Crippen LogP contribution in [0.4, 0.5) is 0 Å². The lowest BCUT2D eigenvalue weighted by Gasteiger charge is -2.38. The molecule has 1 aliphatic rings. The Hall–Kier alpha value is -2.93. The molecule has 1 heterocycles. The highest BCUT2D eigenvalue weighted by molar-refractivity contribution is 5.79. The van der Waals surface area contributed by atoms with Crippen LogP contribution < -0.4 is 24.3 Å². The number of ether oxygens (including phenoxy) is 4. The number of fused-ring (bicyclic) bond motifs is 1. The van der Waals surface area contributed by atoms with Crippen LogP contribution in [0.15, 0.2) is 30.3 Å². The van der Waals surface area contributed by atoms with E-state index < -0.39 is 0 Å². The molecule has 0 saturated carbocycles. The molecule has 0 aliphatic carbocycles. The van der Waals surface area contributed by atoms with Crippen molar-refractivity contribution in [3.8, 4) is 23.0 Å². The van der Waals surface area contributed by atoms with E-state index in [0.29, 0.717) is 45.9 Å². The second kappa shape index (κ2) is 13.4. The summed E-state index contributed by atoms with van der Waals surface area (Å²) < 4.78 is 23.5. The van der Waals surface area contributed by atoms with Crippen molar-refractivity contribution in [1.82, 2.24) is 10.2 Å². The molecule has 0 unspecified atom stereocenters. The third-order valence-electron chi connectivity index (χ3n) is 6.18. The van der Waals surface area contributed by atoms with Crippen LogP contribution in [0.1, 0.15) is 64.3 Å². The number of nitrogens with one attached hydrogen (secondary N) is 1. The number of carbonyl (C=O) groups is 1. The van der Waals surface area contributed by atoms with Crippen molar-refractivity contribution in [2.75, 3.05) is 39.5 Å². The maximum Gasteiger partial charge on any atom is 0.237 e.